The molecule has 1 heterocycles. The average Bonchev–Trinajstić information content (AvgIpc) is 0.787. The van der Waals surface area contributed by atoms with Crippen molar-refractivity contribution in [2.45, 2.75) is 116 Å². The number of ether oxygens (including phenoxy) is 14. The molecule has 1 aromatic heterocycles. The first-order valence-corrected chi connectivity index (χ1v) is 41.5. The molecule has 626 valence electrons. The Kier molecular flexibility index (Phi) is 64.6. The second-order valence-corrected chi connectivity index (χ2v) is 28.4. The van der Waals surface area contributed by atoms with Gasteiger partial charge in [-0.05, 0) is 6.42 Å². The monoisotopic (exact) mass is 1780 g/mol. The minimum atomic E-state index is -1.41. The van der Waals surface area contributed by atoms with Crippen molar-refractivity contribution in [3.8, 4) is 0 Å². The maximum absolute atomic E-state index is 12.8. The number of thiol groups is 12. The van der Waals surface area contributed by atoms with Gasteiger partial charge in [0.15, 0.2) is 0 Å². The zero-order valence-corrected chi connectivity index (χ0v) is 71.3. The summed E-state index contributed by atoms with van der Waals surface area (Å²) >= 11 is 48.0. The first kappa shape index (κ1) is 107. The van der Waals surface area contributed by atoms with Crippen LogP contribution in [0.1, 0.15) is 96.8 Å². The van der Waals surface area contributed by atoms with E-state index in [-0.39, 0.29) is 271 Å². The minimum Gasteiger partial charge on any atom is -0.465 e. The summed E-state index contributed by atoms with van der Waals surface area (Å²) in [6, 6.07) is 0. The molecule has 45 heteroatoms. The third-order valence-electron chi connectivity index (χ3n) is 13.6. The number of esters is 13. The molecule has 0 atom stereocenters. The molecular formula is C64H103N3O30S12. The summed E-state index contributed by atoms with van der Waals surface area (Å²) in [5.41, 5.74) is -6.90. The number of carbonyl (C=O) groups is 13. The number of hydrogen-bond acceptors (Lipinski definition) is 42. The molecule has 0 amide bonds. The zero-order chi connectivity index (χ0) is 82.5. The van der Waals surface area contributed by atoms with Crippen LogP contribution < -0.4 is 17.1 Å². The van der Waals surface area contributed by atoms with Crippen LogP contribution in [0.4, 0.5) is 0 Å². The van der Waals surface area contributed by atoms with Crippen molar-refractivity contribution in [1.82, 2.24) is 13.7 Å². The Labute approximate surface area is 698 Å². The number of nitrogens with zero attached hydrogens (tertiary/aromatic N) is 3. The third-order valence-corrected chi connectivity index (χ3v) is 16.3. The van der Waals surface area contributed by atoms with Gasteiger partial charge >= 0.3 is 94.7 Å². The van der Waals surface area contributed by atoms with Gasteiger partial charge in [-0.15, -0.1) is 0 Å². The van der Waals surface area contributed by atoms with E-state index in [9.17, 15) is 76.7 Å². The molecule has 0 aromatic carbocycles. The Morgan fingerprint density at radius 3 is 0.514 bits per heavy atom. The molecule has 0 saturated carbocycles. The van der Waals surface area contributed by atoms with Crippen molar-refractivity contribution in [3.05, 3.63) is 31.5 Å². The lowest BCUT2D eigenvalue weighted by Crippen LogP contribution is -2.55. The van der Waals surface area contributed by atoms with E-state index in [1.807, 2.05) is 0 Å². The topological polar surface area (TPSA) is 417 Å². The van der Waals surface area contributed by atoms with Crippen molar-refractivity contribution >= 4 is 229 Å². The van der Waals surface area contributed by atoms with Crippen LogP contribution in [0, 0.1) is 16.2 Å². The number of aromatic nitrogens is 3. The predicted octanol–water partition coefficient (Wildman–Crippen LogP) is 2.82. The van der Waals surface area contributed by atoms with Crippen LogP contribution >= 0.6 is 152 Å². The zero-order valence-electron chi connectivity index (χ0n) is 60.6. The Morgan fingerprint density at radius 1 is 0.229 bits per heavy atom. The number of rotatable bonds is 59. The van der Waals surface area contributed by atoms with Crippen molar-refractivity contribution in [2.24, 2.45) is 16.2 Å². The van der Waals surface area contributed by atoms with E-state index >= 15 is 0 Å². The van der Waals surface area contributed by atoms with Gasteiger partial charge in [0.1, 0.15) is 91.3 Å². The molecule has 33 nitrogen and oxygen atoms in total. The molecule has 0 radical (unpaired) electrons. The summed E-state index contributed by atoms with van der Waals surface area (Å²) in [4.78, 5) is 194. The maximum atomic E-state index is 12.8. The van der Waals surface area contributed by atoms with Gasteiger partial charge in [-0.3, -0.25) is 62.3 Å². The Bertz CT molecular complexity index is 2680. The van der Waals surface area contributed by atoms with Gasteiger partial charge in [0.2, 0.25) is 0 Å². The lowest BCUT2D eigenvalue weighted by atomic mass is 9.90. The molecule has 0 aliphatic carbocycles. The highest BCUT2D eigenvalue weighted by Gasteiger charge is 2.42. The van der Waals surface area contributed by atoms with Gasteiger partial charge in [-0.25, -0.2) is 28.1 Å². The first-order valence-electron chi connectivity index (χ1n) is 33.9. The summed E-state index contributed by atoms with van der Waals surface area (Å²) in [6.45, 7) is -4.04. The molecular weight excluding hydrogens is 1680 g/mol. The largest absolute Gasteiger partial charge is 0.465 e. The fraction of sp³-hybridized carbons (Fsp3) is 0.750. The van der Waals surface area contributed by atoms with Gasteiger partial charge in [0.05, 0.1) is 121 Å². The standard InChI is InChI=1S/C28H46O13S6.C19H29N3O9S2.C17H28O8S4/c29-21(1-7-42)36-15-27(16-37-22(30)2-8-43,17-38-23(31)3-9-44)13-35-14-28(18-39-24(32)4-10-45,19-40-25(33)5-11-46)20-41-26(34)6-12-47;1-2-3-14(23)29-9-6-20-17(26)21(7-10-30-15(24)4-12-32)19(28)22(18(20)27)8-11-31-16(25)5-13-33;18-13(1-5-26)22-9-17(10-23-14(19)2-6-27,11-24-15(20)3-7-28)12-25-16(21)4-8-29/h42-47H,1-20H2;32-33H,2-13H2,1H3;26-29H,1-12H2. The number of carbonyl (C=O) groups excluding carboxylic acids is 13. The van der Waals surface area contributed by atoms with E-state index in [0.29, 0.717) is 6.42 Å². The molecule has 109 heavy (non-hydrogen) atoms. The van der Waals surface area contributed by atoms with Crippen molar-refractivity contribution in [2.75, 3.05) is 168 Å². The average molecular weight is 1780 g/mol. The normalized spacial score (nSPS) is 11.0. The molecule has 0 N–H and O–H groups in total. The predicted molar refractivity (Wildman–Crippen MR) is 436 cm³/mol. The van der Waals surface area contributed by atoms with Gasteiger partial charge in [0.25, 0.3) is 0 Å². The molecule has 0 bridgehead atoms. The van der Waals surface area contributed by atoms with E-state index in [1.165, 1.54) is 0 Å². The molecule has 1 rings (SSSR count). The van der Waals surface area contributed by atoms with Gasteiger partial charge in [-0.1, -0.05) is 6.92 Å². The summed E-state index contributed by atoms with van der Waals surface area (Å²) in [5.74, 6) is -4.38. The van der Waals surface area contributed by atoms with Crippen molar-refractivity contribution < 1.29 is 129 Å². The maximum Gasteiger partial charge on any atom is 0.336 e. The highest BCUT2D eigenvalue weighted by Crippen LogP contribution is 2.28. The van der Waals surface area contributed by atoms with Gasteiger partial charge in [-0.2, -0.15) is 152 Å². The SMILES string of the molecule is CCCC(=O)OCCn1c(=O)n(CCOC(=O)CCS)c(=O)n(CCOC(=O)CCS)c1=O.O=C(CCS)OCC(COC(=O)CCS)(COC(=O)CCS)COC(=O)CCS.O=C(CCS)OCC(COCC(COC(=O)CCS)(COC(=O)CCS)COC(=O)CCS)(COC(=O)CCS)COC(=O)CCS. The summed E-state index contributed by atoms with van der Waals surface area (Å²) in [6.07, 6.45) is 1.04. The van der Waals surface area contributed by atoms with Crippen LogP contribution in [-0.2, 0) is 148 Å². The Morgan fingerprint density at radius 2 is 0.367 bits per heavy atom. The molecule has 0 saturated heterocycles. The summed E-state index contributed by atoms with van der Waals surface area (Å²) in [5, 5.41) is 0. The van der Waals surface area contributed by atoms with Crippen molar-refractivity contribution in [3.63, 3.8) is 0 Å². The second-order valence-electron chi connectivity index (χ2n) is 23.0. The molecule has 0 aliphatic heterocycles. The van der Waals surface area contributed by atoms with E-state index in [4.69, 9.17) is 66.3 Å². The minimum absolute atomic E-state index is 0.0189. The Hall–Kier alpha value is -4.32. The smallest absolute Gasteiger partial charge is 0.336 e. The van der Waals surface area contributed by atoms with Crippen LogP contribution in [0.5, 0.6) is 0 Å². The highest BCUT2D eigenvalue weighted by molar-refractivity contribution is 7.82. The van der Waals surface area contributed by atoms with Gasteiger partial charge in [0, 0.05) is 75.5 Å². The molecule has 0 fully saturated rings. The van der Waals surface area contributed by atoms with Gasteiger partial charge < -0.3 is 66.3 Å². The molecule has 1 aromatic rings. The van der Waals surface area contributed by atoms with Crippen LogP contribution in [-0.4, -0.2) is 259 Å². The van der Waals surface area contributed by atoms with E-state index in [0.717, 1.165) is 13.7 Å². The van der Waals surface area contributed by atoms with Crippen LogP contribution in [0.15, 0.2) is 14.4 Å². The Balaban J connectivity index is 0. The first-order chi connectivity index (χ1) is 52.0. The fourth-order valence-electron chi connectivity index (χ4n) is 7.82. The second kappa shape index (κ2) is 66.0. The lowest BCUT2D eigenvalue weighted by molar-refractivity contribution is -0.176. The van der Waals surface area contributed by atoms with Crippen LogP contribution in [0.25, 0.3) is 0 Å². The quantitative estimate of drug-likeness (QED) is 0.0253. The fourth-order valence-corrected chi connectivity index (χ4v) is 10.0. The van der Waals surface area contributed by atoms with Crippen molar-refractivity contribution in [1.29, 1.82) is 0 Å². The summed E-state index contributed by atoms with van der Waals surface area (Å²) in [7, 11) is 0. The lowest BCUT2D eigenvalue weighted by Gasteiger charge is -2.35. The van der Waals surface area contributed by atoms with Crippen LogP contribution in [0.3, 0.4) is 0 Å². The summed E-state index contributed by atoms with van der Waals surface area (Å²) < 4.78 is 76.6. The van der Waals surface area contributed by atoms with E-state index < -0.39 is 111 Å². The molecule has 0 unspecified atom stereocenters. The molecule has 0 aliphatic rings. The highest BCUT2D eigenvalue weighted by atomic mass is 32.1. The van der Waals surface area contributed by atoms with Crippen LogP contribution in [0.2, 0.25) is 0 Å². The van der Waals surface area contributed by atoms with E-state index in [2.05, 4.69) is 152 Å². The third kappa shape index (κ3) is 51.2. The van der Waals surface area contributed by atoms with E-state index in [1.54, 1.807) is 6.92 Å². The molecule has 0 spiro atoms. The number of hydrogen-bond donors (Lipinski definition) is 12.